The normalized spacial score (nSPS) is 15.6. The van der Waals surface area contributed by atoms with Gasteiger partial charge in [-0.25, -0.2) is 4.39 Å². The van der Waals surface area contributed by atoms with Gasteiger partial charge in [0.1, 0.15) is 11.6 Å². The molecule has 0 radical (unpaired) electrons. The van der Waals surface area contributed by atoms with Crippen molar-refractivity contribution in [3.05, 3.63) is 53.3 Å². The third-order valence-corrected chi connectivity index (χ3v) is 4.05. The minimum absolute atomic E-state index is 0.00182. The van der Waals surface area contributed by atoms with Crippen LogP contribution in [0.1, 0.15) is 25.0 Å². The van der Waals surface area contributed by atoms with Gasteiger partial charge < -0.3 is 10.1 Å². The summed E-state index contributed by atoms with van der Waals surface area (Å²) in [4.78, 5) is 0. The number of rotatable bonds is 3. The van der Waals surface area contributed by atoms with E-state index in [4.69, 9.17) is 4.74 Å². The molecule has 1 N–H and O–H groups in total. The third-order valence-electron chi connectivity index (χ3n) is 4.05. The van der Waals surface area contributed by atoms with Crippen LogP contribution in [0.4, 0.5) is 4.39 Å². The first-order valence-electron chi connectivity index (χ1n) is 7.22. The van der Waals surface area contributed by atoms with Gasteiger partial charge in [0.05, 0.1) is 6.61 Å². The van der Waals surface area contributed by atoms with Crippen molar-refractivity contribution < 1.29 is 9.13 Å². The lowest BCUT2D eigenvalue weighted by Crippen LogP contribution is -2.18. The fourth-order valence-electron chi connectivity index (χ4n) is 2.85. The summed E-state index contributed by atoms with van der Waals surface area (Å²) in [5.41, 5.74) is 4.27. The van der Waals surface area contributed by atoms with E-state index in [1.54, 1.807) is 6.07 Å². The summed E-state index contributed by atoms with van der Waals surface area (Å²) in [6.07, 6.45) is 0. The van der Waals surface area contributed by atoms with Gasteiger partial charge in [-0.05, 0) is 48.0 Å². The zero-order valence-electron chi connectivity index (χ0n) is 12.7. The summed E-state index contributed by atoms with van der Waals surface area (Å²) in [5, 5.41) is 3.14. The van der Waals surface area contributed by atoms with E-state index in [1.807, 2.05) is 25.2 Å². The summed E-state index contributed by atoms with van der Waals surface area (Å²) in [7, 11) is 1.90. The number of fused-ring (bicyclic) bond motifs is 1. The fourth-order valence-corrected chi connectivity index (χ4v) is 2.85. The topological polar surface area (TPSA) is 21.3 Å². The fraction of sp³-hybridized carbons (Fsp3) is 0.333. The van der Waals surface area contributed by atoms with Gasteiger partial charge in [-0.15, -0.1) is 0 Å². The second-order valence-corrected chi connectivity index (χ2v) is 6.22. The van der Waals surface area contributed by atoms with Crippen LogP contribution in [-0.4, -0.2) is 13.7 Å². The summed E-state index contributed by atoms with van der Waals surface area (Å²) >= 11 is 0. The summed E-state index contributed by atoms with van der Waals surface area (Å²) in [5.74, 6) is 0.733. The minimum Gasteiger partial charge on any atom is -0.492 e. The molecule has 0 aromatic heterocycles. The monoisotopic (exact) mass is 285 g/mol. The van der Waals surface area contributed by atoms with Crippen LogP contribution in [0.3, 0.4) is 0 Å². The summed E-state index contributed by atoms with van der Waals surface area (Å²) < 4.78 is 19.4. The van der Waals surface area contributed by atoms with Crippen LogP contribution in [-0.2, 0) is 12.0 Å². The van der Waals surface area contributed by atoms with Crippen LogP contribution in [0.15, 0.2) is 36.4 Å². The van der Waals surface area contributed by atoms with E-state index in [0.717, 1.165) is 22.4 Å². The molecule has 21 heavy (non-hydrogen) atoms. The lowest BCUT2D eigenvalue weighted by atomic mass is 9.85. The number of benzene rings is 2. The smallest absolute Gasteiger partial charge is 0.123 e. The maximum Gasteiger partial charge on any atom is 0.123 e. The van der Waals surface area contributed by atoms with E-state index >= 15 is 0 Å². The molecule has 1 heterocycles. The zero-order valence-corrected chi connectivity index (χ0v) is 12.7. The molecule has 1 aliphatic heterocycles. The SMILES string of the molecule is CNCc1ccc(F)cc1-c1ccc2c(c1)C(C)(C)CO2. The maximum atomic E-state index is 13.7. The van der Waals surface area contributed by atoms with Crippen molar-refractivity contribution in [1.29, 1.82) is 0 Å². The van der Waals surface area contributed by atoms with Crippen molar-refractivity contribution in [2.24, 2.45) is 0 Å². The Hall–Kier alpha value is -1.87. The number of hydrogen-bond donors (Lipinski definition) is 1. The molecule has 2 nitrogen and oxygen atoms in total. The number of hydrogen-bond acceptors (Lipinski definition) is 2. The van der Waals surface area contributed by atoms with Crippen molar-refractivity contribution in [1.82, 2.24) is 5.32 Å². The Morgan fingerprint density at radius 2 is 2.00 bits per heavy atom. The molecule has 3 rings (SSSR count). The Labute approximate surface area is 125 Å². The average molecular weight is 285 g/mol. The van der Waals surface area contributed by atoms with E-state index in [1.165, 1.54) is 11.6 Å². The molecule has 0 atom stereocenters. The summed E-state index contributed by atoms with van der Waals surface area (Å²) in [6, 6.07) is 11.1. The Morgan fingerprint density at radius 3 is 2.76 bits per heavy atom. The Bertz CT molecular complexity index is 679. The molecule has 0 saturated heterocycles. The quantitative estimate of drug-likeness (QED) is 0.924. The van der Waals surface area contributed by atoms with Crippen LogP contribution >= 0.6 is 0 Å². The van der Waals surface area contributed by atoms with Gasteiger partial charge in [0.2, 0.25) is 0 Å². The van der Waals surface area contributed by atoms with Crippen molar-refractivity contribution in [2.75, 3.05) is 13.7 Å². The Morgan fingerprint density at radius 1 is 1.19 bits per heavy atom. The molecule has 0 unspecified atom stereocenters. The molecule has 0 saturated carbocycles. The first kappa shape index (κ1) is 14.1. The van der Waals surface area contributed by atoms with E-state index in [-0.39, 0.29) is 11.2 Å². The molecule has 1 aliphatic rings. The highest BCUT2D eigenvalue weighted by Gasteiger charge is 2.31. The van der Waals surface area contributed by atoms with Gasteiger partial charge in [0.25, 0.3) is 0 Å². The summed E-state index contributed by atoms with van der Waals surface area (Å²) in [6.45, 7) is 5.75. The van der Waals surface area contributed by atoms with Crippen molar-refractivity contribution >= 4 is 0 Å². The van der Waals surface area contributed by atoms with Crippen LogP contribution in [0.5, 0.6) is 5.75 Å². The van der Waals surface area contributed by atoms with Crippen LogP contribution in [0.2, 0.25) is 0 Å². The van der Waals surface area contributed by atoms with E-state index in [0.29, 0.717) is 13.2 Å². The van der Waals surface area contributed by atoms with E-state index in [2.05, 4.69) is 25.2 Å². The highest BCUT2D eigenvalue weighted by atomic mass is 19.1. The number of ether oxygens (including phenoxy) is 1. The standard InChI is InChI=1S/C18H20FNO/c1-18(2)11-21-17-7-5-12(8-16(17)18)15-9-14(19)6-4-13(15)10-20-3/h4-9,20H,10-11H2,1-3H3. The number of nitrogens with one attached hydrogen (secondary N) is 1. The molecule has 2 aromatic rings. The van der Waals surface area contributed by atoms with Crippen LogP contribution < -0.4 is 10.1 Å². The van der Waals surface area contributed by atoms with Gasteiger partial charge in [0.15, 0.2) is 0 Å². The van der Waals surface area contributed by atoms with E-state index < -0.39 is 0 Å². The zero-order chi connectivity index (χ0) is 15.0. The van der Waals surface area contributed by atoms with Gasteiger partial charge in [-0.2, -0.15) is 0 Å². The molecule has 110 valence electrons. The lowest BCUT2D eigenvalue weighted by Gasteiger charge is -2.17. The third kappa shape index (κ3) is 2.54. The molecular formula is C18H20FNO. The lowest BCUT2D eigenvalue weighted by molar-refractivity contribution is 0.291. The average Bonchev–Trinajstić information content (AvgIpc) is 2.76. The first-order valence-corrected chi connectivity index (χ1v) is 7.22. The molecular weight excluding hydrogens is 265 g/mol. The van der Waals surface area contributed by atoms with Crippen molar-refractivity contribution in [2.45, 2.75) is 25.8 Å². The number of halogens is 1. The highest BCUT2D eigenvalue weighted by Crippen LogP contribution is 2.41. The van der Waals surface area contributed by atoms with Crippen molar-refractivity contribution in [3.63, 3.8) is 0 Å². The highest BCUT2D eigenvalue weighted by molar-refractivity contribution is 5.70. The Kier molecular flexibility index (Phi) is 3.46. The minimum atomic E-state index is -0.208. The van der Waals surface area contributed by atoms with Gasteiger partial charge in [0, 0.05) is 17.5 Å². The predicted molar refractivity (Wildman–Crippen MR) is 83.1 cm³/mol. The van der Waals surface area contributed by atoms with Crippen LogP contribution in [0, 0.1) is 5.82 Å². The molecule has 0 spiro atoms. The van der Waals surface area contributed by atoms with Crippen LogP contribution in [0.25, 0.3) is 11.1 Å². The first-order chi connectivity index (χ1) is 10.0. The van der Waals surface area contributed by atoms with Gasteiger partial charge >= 0.3 is 0 Å². The molecule has 2 aromatic carbocycles. The van der Waals surface area contributed by atoms with Crippen molar-refractivity contribution in [3.8, 4) is 16.9 Å². The molecule has 0 aliphatic carbocycles. The molecule has 0 amide bonds. The molecule has 3 heteroatoms. The van der Waals surface area contributed by atoms with Gasteiger partial charge in [-0.3, -0.25) is 0 Å². The largest absolute Gasteiger partial charge is 0.492 e. The molecule has 0 bridgehead atoms. The Balaban J connectivity index is 2.12. The second-order valence-electron chi connectivity index (χ2n) is 6.22. The second kappa shape index (κ2) is 5.15. The van der Waals surface area contributed by atoms with Gasteiger partial charge in [-0.1, -0.05) is 26.0 Å². The van der Waals surface area contributed by atoms with E-state index in [9.17, 15) is 4.39 Å². The molecule has 0 fully saturated rings. The maximum absolute atomic E-state index is 13.7. The predicted octanol–water partition coefficient (Wildman–Crippen LogP) is 3.88.